The third-order valence-corrected chi connectivity index (χ3v) is 2.52. The molecule has 0 radical (unpaired) electrons. The van der Waals surface area contributed by atoms with Gasteiger partial charge in [-0.15, -0.1) is 0 Å². The summed E-state index contributed by atoms with van der Waals surface area (Å²) < 4.78 is 0.851. The largest absolute Gasteiger partial charge is 0.366 e. The van der Waals surface area contributed by atoms with E-state index in [1.807, 2.05) is 12.3 Å². The van der Waals surface area contributed by atoms with E-state index in [9.17, 15) is 4.79 Å². The van der Waals surface area contributed by atoms with Crippen LogP contribution in [-0.4, -0.2) is 10.9 Å². The number of amides is 1. The highest BCUT2D eigenvalue weighted by Crippen LogP contribution is 2.24. The first-order chi connectivity index (χ1) is 6.18. The van der Waals surface area contributed by atoms with Crippen LogP contribution < -0.4 is 5.73 Å². The summed E-state index contributed by atoms with van der Waals surface area (Å²) >= 11 is 3.36. The molecule has 3 nitrogen and oxygen atoms in total. The van der Waals surface area contributed by atoms with Crippen LogP contribution >= 0.6 is 15.9 Å². The van der Waals surface area contributed by atoms with Crippen molar-refractivity contribution in [1.29, 1.82) is 0 Å². The van der Waals surface area contributed by atoms with E-state index in [4.69, 9.17) is 5.73 Å². The van der Waals surface area contributed by atoms with Gasteiger partial charge < -0.3 is 10.7 Å². The summed E-state index contributed by atoms with van der Waals surface area (Å²) in [6.07, 6.45) is 1.82. The molecule has 0 bridgehead atoms. The number of primary amides is 1. The first-order valence-electron chi connectivity index (χ1n) is 3.75. The molecule has 0 fully saturated rings. The summed E-state index contributed by atoms with van der Waals surface area (Å²) in [4.78, 5) is 14.0. The number of hydrogen-bond acceptors (Lipinski definition) is 1. The smallest absolute Gasteiger partial charge is 0.248 e. The lowest BCUT2D eigenvalue weighted by molar-refractivity contribution is 0.100. The number of hydrogen-bond donors (Lipinski definition) is 2. The maximum Gasteiger partial charge on any atom is 0.248 e. The van der Waals surface area contributed by atoms with E-state index in [1.54, 1.807) is 12.1 Å². The van der Waals surface area contributed by atoms with Gasteiger partial charge in [-0.2, -0.15) is 0 Å². The Morgan fingerprint density at radius 2 is 2.23 bits per heavy atom. The molecule has 0 aliphatic carbocycles. The van der Waals surface area contributed by atoms with E-state index < -0.39 is 5.91 Å². The monoisotopic (exact) mass is 238 g/mol. The fourth-order valence-corrected chi connectivity index (χ4v) is 1.86. The van der Waals surface area contributed by atoms with Crippen LogP contribution in [0.5, 0.6) is 0 Å². The molecule has 0 spiro atoms. The number of rotatable bonds is 1. The number of aromatic amines is 1. The highest BCUT2D eigenvalue weighted by molar-refractivity contribution is 9.10. The molecule has 0 unspecified atom stereocenters. The molecule has 1 amide bonds. The molecule has 2 aromatic rings. The maximum atomic E-state index is 10.9. The lowest BCUT2D eigenvalue weighted by Gasteiger charge is -1.98. The Labute approximate surface area is 83.1 Å². The first-order valence-corrected chi connectivity index (χ1v) is 4.54. The summed E-state index contributed by atoms with van der Waals surface area (Å²) in [5, 5.41) is 0.975. The van der Waals surface area contributed by atoms with Crippen LogP contribution in [0, 0.1) is 0 Å². The van der Waals surface area contributed by atoms with Gasteiger partial charge in [0.2, 0.25) is 5.91 Å². The van der Waals surface area contributed by atoms with Crippen molar-refractivity contribution in [2.45, 2.75) is 0 Å². The molecule has 1 aromatic carbocycles. The van der Waals surface area contributed by atoms with Gasteiger partial charge in [-0.1, -0.05) is 0 Å². The standard InChI is InChI=1S/C9H7BrN2O/c10-7-4-6(9(11)13)3-5-1-2-12-8(5)7/h1-4,12H,(H2,11,13). The number of fused-ring (bicyclic) bond motifs is 1. The third kappa shape index (κ3) is 1.33. The van der Waals surface area contributed by atoms with Crippen molar-refractivity contribution in [3.05, 3.63) is 34.4 Å². The second kappa shape index (κ2) is 2.88. The van der Waals surface area contributed by atoms with Crippen molar-refractivity contribution in [2.75, 3.05) is 0 Å². The molecule has 13 heavy (non-hydrogen) atoms. The van der Waals surface area contributed by atoms with Crippen LogP contribution in [0.3, 0.4) is 0 Å². The number of benzene rings is 1. The number of carbonyl (C=O) groups excluding carboxylic acids is 1. The van der Waals surface area contributed by atoms with Crippen molar-refractivity contribution < 1.29 is 4.79 Å². The summed E-state index contributed by atoms with van der Waals surface area (Å²) in [6.45, 7) is 0. The molecule has 0 saturated carbocycles. The van der Waals surface area contributed by atoms with Crippen LogP contribution in [0.2, 0.25) is 0 Å². The van der Waals surface area contributed by atoms with Gasteiger partial charge in [-0.05, 0) is 34.1 Å². The SMILES string of the molecule is NC(=O)c1cc(Br)c2[nH]ccc2c1. The number of carbonyl (C=O) groups is 1. The molecule has 0 saturated heterocycles. The van der Waals surface area contributed by atoms with Crippen molar-refractivity contribution in [2.24, 2.45) is 5.73 Å². The van der Waals surface area contributed by atoms with Gasteiger partial charge in [0.25, 0.3) is 0 Å². The Bertz CT molecular complexity index is 475. The van der Waals surface area contributed by atoms with Gasteiger partial charge in [0.1, 0.15) is 0 Å². The summed E-state index contributed by atoms with van der Waals surface area (Å²) in [7, 11) is 0. The molecule has 3 N–H and O–H groups in total. The number of aromatic nitrogens is 1. The van der Waals surface area contributed by atoms with Crippen LogP contribution in [0.15, 0.2) is 28.9 Å². The Hall–Kier alpha value is -1.29. The Morgan fingerprint density at radius 3 is 2.92 bits per heavy atom. The first kappa shape index (κ1) is 8.31. The third-order valence-electron chi connectivity index (χ3n) is 1.90. The molecule has 0 aliphatic heterocycles. The quantitative estimate of drug-likeness (QED) is 0.785. The zero-order valence-electron chi connectivity index (χ0n) is 6.67. The van der Waals surface area contributed by atoms with Gasteiger partial charge in [-0.3, -0.25) is 4.79 Å². The summed E-state index contributed by atoms with van der Waals surface area (Å²) in [6, 6.07) is 5.37. The van der Waals surface area contributed by atoms with Gasteiger partial charge >= 0.3 is 0 Å². The van der Waals surface area contributed by atoms with E-state index in [0.717, 1.165) is 15.4 Å². The average Bonchev–Trinajstić information content (AvgIpc) is 2.51. The molecular formula is C9H7BrN2O. The Morgan fingerprint density at radius 1 is 1.46 bits per heavy atom. The lowest BCUT2D eigenvalue weighted by atomic mass is 10.1. The molecule has 0 aliphatic rings. The van der Waals surface area contributed by atoms with Crippen molar-refractivity contribution in [3.63, 3.8) is 0 Å². The highest BCUT2D eigenvalue weighted by Gasteiger charge is 2.05. The molecule has 2 rings (SSSR count). The molecular weight excluding hydrogens is 232 g/mol. The maximum absolute atomic E-state index is 10.9. The second-order valence-electron chi connectivity index (χ2n) is 2.76. The van der Waals surface area contributed by atoms with Gasteiger partial charge in [0.05, 0.1) is 5.52 Å². The number of nitrogens with one attached hydrogen (secondary N) is 1. The van der Waals surface area contributed by atoms with E-state index in [0.29, 0.717) is 5.56 Å². The number of nitrogens with two attached hydrogens (primary N) is 1. The van der Waals surface area contributed by atoms with Crippen molar-refractivity contribution in [1.82, 2.24) is 4.98 Å². The van der Waals surface area contributed by atoms with E-state index >= 15 is 0 Å². The van der Waals surface area contributed by atoms with Crippen LogP contribution in [0.25, 0.3) is 10.9 Å². The average molecular weight is 239 g/mol. The highest BCUT2D eigenvalue weighted by atomic mass is 79.9. The van der Waals surface area contributed by atoms with Crippen molar-refractivity contribution in [3.8, 4) is 0 Å². The van der Waals surface area contributed by atoms with Crippen LogP contribution in [0.4, 0.5) is 0 Å². The van der Waals surface area contributed by atoms with Gasteiger partial charge in [-0.25, -0.2) is 0 Å². The minimum atomic E-state index is -0.413. The normalized spacial score (nSPS) is 10.5. The summed E-state index contributed by atoms with van der Waals surface area (Å²) in [5.74, 6) is -0.413. The molecule has 0 atom stereocenters. The Balaban J connectivity index is 2.77. The topological polar surface area (TPSA) is 58.9 Å². The van der Waals surface area contributed by atoms with Gasteiger partial charge in [0, 0.05) is 21.6 Å². The number of halogens is 1. The molecule has 1 aromatic heterocycles. The zero-order chi connectivity index (χ0) is 9.42. The van der Waals surface area contributed by atoms with E-state index in [2.05, 4.69) is 20.9 Å². The zero-order valence-corrected chi connectivity index (χ0v) is 8.26. The predicted molar refractivity (Wildman–Crippen MR) is 54.5 cm³/mol. The fourth-order valence-electron chi connectivity index (χ4n) is 1.27. The molecule has 1 heterocycles. The van der Waals surface area contributed by atoms with Crippen LogP contribution in [0.1, 0.15) is 10.4 Å². The predicted octanol–water partition coefficient (Wildman–Crippen LogP) is 2.03. The van der Waals surface area contributed by atoms with Crippen molar-refractivity contribution >= 4 is 32.7 Å². The number of H-pyrrole nitrogens is 1. The summed E-state index contributed by atoms with van der Waals surface area (Å²) in [5.41, 5.74) is 6.66. The second-order valence-corrected chi connectivity index (χ2v) is 3.62. The lowest BCUT2D eigenvalue weighted by Crippen LogP contribution is -2.10. The minimum Gasteiger partial charge on any atom is -0.366 e. The fraction of sp³-hybridized carbons (Fsp3) is 0. The van der Waals surface area contributed by atoms with Gasteiger partial charge in [0.15, 0.2) is 0 Å². The molecule has 66 valence electrons. The molecule has 4 heteroatoms. The van der Waals surface area contributed by atoms with E-state index in [1.165, 1.54) is 0 Å². The van der Waals surface area contributed by atoms with Crippen LogP contribution in [-0.2, 0) is 0 Å². The minimum absolute atomic E-state index is 0.413. The Kier molecular flexibility index (Phi) is 1.84. The van der Waals surface area contributed by atoms with E-state index in [-0.39, 0.29) is 0 Å².